The Morgan fingerprint density at radius 2 is 1.47 bits per heavy atom. The molecule has 1 aromatic rings. The molecule has 270 valence electrons. The Morgan fingerprint density at radius 3 is 1.98 bits per heavy atom. The van der Waals surface area contributed by atoms with Gasteiger partial charge in [0.15, 0.2) is 0 Å². The Hall–Kier alpha value is -0.604. The monoisotopic (exact) mass is 778 g/mol. The van der Waals surface area contributed by atoms with E-state index in [0.717, 1.165) is 24.2 Å². The van der Waals surface area contributed by atoms with E-state index in [0.29, 0.717) is 13.4 Å². The first-order chi connectivity index (χ1) is 22.4. The summed E-state index contributed by atoms with van der Waals surface area (Å²) in [6.45, 7) is 24.7. The van der Waals surface area contributed by atoms with E-state index in [1.54, 1.807) is 10.7 Å². The van der Waals surface area contributed by atoms with Crippen molar-refractivity contribution in [2.24, 2.45) is 5.92 Å². The molecular weight excluding hydrogens is 703 g/mol. The van der Waals surface area contributed by atoms with E-state index in [9.17, 15) is 0 Å². The predicted octanol–water partition coefficient (Wildman–Crippen LogP) is 12.5. The average Bonchev–Trinajstić information content (AvgIpc) is 3.14. The number of methoxy groups -OCH3 is 1. The Labute approximate surface area is 296 Å². The fourth-order valence-electron chi connectivity index (χ4n) is 7.79. The van der Waals surface area contributed by atoms with Gasteiger partial charge in [0, 0.05) is 0 Å². The first-order valence-electron chi connectivity index (χ1n) is 19.2. The average molecular weight is 778 g/mol. The van der Waals surface area contributed by atoms with Crippen LogP contribution in [0.2, 0.25) is 33.0 Å². The maximum atomic E-state index is 7.19. The van der Waals surface area contributed by atoms with E-state index in [1.807, 2.05) is 12.1 Å². The van der Waals surface area contributed by atoms with Gasteiger partial charge < -0.3 is 0 Å². The van der Waals surface area contributed by atoms with Crippen molar-refractivity contribution in [2.75, 3.05) is 13.9 Å². The van der Waals surface area contributed by atoms with Crippen LogP contribution in [-0.2, 0) is 20.8 Å². The molecule has 1 aromatic carbocycles. The Bertz CT molecular complexity index is 1040. The molecule has 1 saturated heterocycles. The van der Waals surface area contributed by atoms with E-state index < -0.39 is 32.1 Å². The Kier molecular flexibility index (Phi) is 19.5. The summed E-state index contributed by atoms with van der Waals surface area (Å²) < 4.78 is 32.4. The third-order valence-corrected chi connectivity index (χ3v) is 28.1. The molecule has 0 bridgehead atoms. The van der Waals surface area contributed by atoms with Crippen molar-refractivity contribution in [3.8, 4) is 5.75 Å². The quantitative estimate of drug-likeness (QED) is 0.0868. The van der Waals surface area contributed by atoms with Gasteiger partial charge in [0.1, 0.15) is 0 Å². The van der Waals surface area contributed by atoms with Crippen LogP contribution < -0.4 is 4.74 Å². The molecule has 0 aliphatic carbocycles. The van der Waals surface area contributed by atoms with E-state index in [2.05, 4.69) is 92.0 Å². The number of hydrogen-bond donors (Lipinski definition) is 0. The van der Waals surface area contributed by atoms with Crippen LogP contribution in [0.25, 0.3) is 0 Å². The van der Waals surface area contributed by atoms with Crippen molar-refractivity contribution >= 4 is 26.5 Å². The van der Waals surface area contributed by atoms with Crippen LogP contribution in [0.3, 0.4) is 0 Å². The maximum absolute atomic E-state index is 7.19. The molecule has 4 atom stereocenters. The summed E-state index contributed by atoms with van der Waals surface area (Å²) >= 11 is -2.67. The molecule has 4 nitrogen and oxygen atoms in total. The van der Waals surface area contributed by atoms with Crippen molar-refractivity contribution in [3.63, 3.8) is 0 Å². The fourth-order valence-corrected chi connectivity index (χ4v) is 25.4. The summed E-state index contributed by atoms with van der Waals surface area (Å²) in [5, 5.41) is 0. The third kappa shape index (κ3) is 14.3. The molecule has 1 heterocycles. The SMILES string of the molecule is CCCCC[C@@H]1OCO[C@@](C)(/C=[C](\C)[Sn]([CH2]CCC)([CH2]CCC)[CH2]CCC)[C@@H](OCc2ccc(OC)cc2)[C@@H]1C/C(C)=C/[Si](C)(C)C. The van der Waals surface area contributed by atoms with Crippen LogP contribution in [0, 0.1) is 5.92 Å². The molecule has 0 aromatic heterocycles. The molecule has 0 unspecified atom stereocenters. The van der Waals surface area contributed by atoms with Crippen LogP contribution in [0.15, 0.2) is 45.2 Å². The molecule has 0 N–H and O–H groups in total. The molecule has 6 heteroatoms. The molecule has 1 aliphatic rings. The Morgan fingerprint density at radius 1 is 0.894 bits per heavy atom. The van der Waals surface area contributed by atoms with Crippen molar-refractivity contribution < 1.29 is 18.9 Å². The van der Waals surface area contributed by atoms with Crippen molar-refractivity contribution in [1.29, 1.82) is 0 Å². The van der Waals surface area contributed by atoms with Gasteiger partial charge in [-0.2, -0.15) is 0 Å². The number of benzene rings is 1. The van der Waals surface area contributed by atoms with Gasteiger partial charge in [-0.1, -0.05) is 0 Å². The zero-order chi connectivity index (χ0) is 34.9. The van der Waals surface area contributed by atoms with Crippen molar-refractivity contribution in [1.82, 2.24) is 0 Å². The van der Waals surface area contributed by atoms with Gasteiger partial charge in [0.05, 0.1) is 0 Å². The van der Waals surface area contributed by atoms with Crippen LogP contribution in [0.5, 0.6) is 5.75 Å². The van der Waals surface area contributed by atoms with Crippen LogP contribution in [0.1, 0.15) is 125 Å². The van der Waals surface area contributed by atoms with Gasteiger partial charge in [0.2, 0.25) is 0 Å². The first kappa shape index (κ1) is 42.6. The summed E-state index contributed by atoms with van der Waals surface area (Å²) in [5.74, 6) is 1.08. The third-order valence-electron chi connectivity index (χ3n) is 10.4. The molecular formula is C41H74O4SiSn. The summed E-state index contributed by atoms with van der Waals surface area (Å²) in [7, 11) is 0.334. The van der Waals surface area contributed by atoms with E-state index in [-0.39, 0.29) is 18.1 Å². The molecule has 0 amide bonds. The van der Waals surface area contributed by atoms with Gasteiger partial charge in [-0.25, -0.2) is 0 Å². The summed E-state index contributed by atoms with van der Waals surface area (Å²) in [6, 6.07) is 8.35. The number of unbranched alkanes of at least 4 members (excludes halogenated alkanes) is 5. The fraction of sp³-hybridized carbons (Fsp3) is 0.756. The molecule has 2 rings (SSSR count). The molecule has 0 spiro atoms. The second-order valence-corrected chi connectivity index (χ2v) is 34.7. The number of ether oxygens (including phenoxy) is 4. The van der Waals surface area contributed by atoms with Crippen molar-refractivity contribution in [2.45, 2.75) is 176 Å². The van der Waals surface area contributed by atoms with Crippen LogP contribution in [0.4, 0.5) is 0 Å². The normalized spacial score (nSPS) is 23.2. The number of allylic oxidation sites excluding steroid dienone is 2. The zero-order valence-corrected chi connectivity index (χ0v) is 36.5. The summed E-state index contributed by atoms with van der Waals surface area (Å²) in [5.41, 5.74) is 4.66. The van der Waals surface area contributed by atoms with Gasteiger partial charge in [-0.15, -0.1) is 0 Å². The van der Waals surface area contributed by atoms with Gasteiger partial charge >= 0.3 is 298 Å². The molecule has 47 heavy (non-hydrogen) atoms. The van der Waals surface area contributed by atoms with Crippen molar-refractivity contribution in [3.05, 3.63) is 50.8 Å². The topological polar surface area (TPSA) is 36.9 Å². The number of hydrogen-bond acceptors (Lipinski definition) is 4. The summed E-state index contributed by atoms with van der Waals surface area (Å²) in [6.07, 6.45) is 16.2. The van der Waals surface area contributed by atoms with Gasteiger partial charge in [-0.3, -0.25) is 0 Å². The summed E-state index contributed by atoms with van der Waals surface area (Å²) in [4.78, 5) is 0. The second-order valence-electron chi connectivity index (χ2n) is 15.9. The van der Waals surface area contributed by atoms with E-state index in [4.69, 9.17) is 18.9 Å². The predicted molar refractivity (Wildman–Crippen MR) is 209 cm³/mol. The number of rotatable bonds is 22. The van der Waals surface area contributed by atoms with Gasteiger partial charge in [-0.05, 0) is 0 Å². The molecule has 0 radical (unpaired) electrons. The minimum atomic E-state index is -2.67. The van der Waals surface area contributed by atoms with E-state index >= 15 is 0 Å². The zero-order valence-electron chi connectivity index (χ0n) is 32.6. The van der Waals surface area contributed by atoms with Crippen LogP contribution >= 0.6 is 0 Å². The first-order valence-corrected chi connectivity index (χ1v) is 30.3. The van der Waals surface area contributed by atoms with Crippen LogP contribution in [-0.4, -0.2) is 58.2 Å². The van der Waals surface area contributed by atoms with Gasteiger partial charge in [0.25, 0.3) is 0 Å². The minimum absolute atomic E-state index is 0.108. The molecule has 1 fully saturated rings. The molecule has 0 saturated carbocycles. The molecule has 1 aliphatic heterocycles. The second kappa shape index (κ2) is 21.6. The van der Waals surface area contributed by atoms with E-state index in [1.165, 1.54) is 76.7 Å². The standard InChI is InChI=1S/C29H47O4Si.3C4H9.Sn/c1-9-11-12-13-27-26(19-23(3)21-34(6,7)8)28(29(4,18-10-2)33-22-32-27)31-20-24-14-16-25(30-5)17-15-24;3*1-3-4-2;/h14-18,21,26-28H,9,11-13,19-20,22H2,1-8H3;3*1,3-4H2,2H3;/b18-10?,23-21+;;;;/t26-,27+,28+,29+;;;;/m1..../s1. The Balaban J connectivity index is 2.71.